The summed E-state index contributed by atoms with van der Waals surface area (Å²) < 4.78 is 0. The summed E-state index contributed by atoms with van der Waals surface area (Å²) in [5.41, 5.74) is 0.548. The summed E-state index contributed by atoms with van der Waals surface area (Å²) in [5, 5.41) is 19.7. The van der Waals surface area contributed by atoms with Gasteiger partial charge in [0.2, 0.25) is 0 Å². The molecular weight excluding hydrogens is 258 g/mol. The Hall–Kier alpha value is -2.42. The molecule has 1 aromatic rings. The molecule has 0 saturated heterocycles. The molecule has 0 aliphatic carbocycles. The average molecular weight is 275 g/mol. The third-order valence-electron chi connectivity index (χ3n) is 2.98. The number of Topliss-reactive ketones (excluding diaryl/α,β-unsaturated/α-hetero) is 1. The number of benzene rings is 1. The number of carbonyl (C=O) groups is 1. The molecule has 0 aromatic heterocycles. The Balaban J connectivity index is 3.25. The van der Waals surface area contributed by atoms with Crippen molar-refractivity contribution < 1.29 is 9.72 Å². The largest absolute Gasteiger partial charge is 0.368 e. The molecule has 0 atom stereocenters. The molecule has 0 amide bonds. The van der Waals surface area contributed by atoms with Crippen LogP contribution in [0.15, 0.2) is 18.2 Å². The molecule has 106 valence electrons. The van der Waals surface area contributed by atoms with Crippen LogP contribution < -0.4 is 4.90 Å². The molecule has 6 heteroatoms. The van der Waals surface area contributed by atoms with Gasteiger partial charge in [-0.2, -0.15) is 5.26 Å². The highest BCUT2D eigenvalue weighted by Crippen LogP contribution is 2.27. The zero-order valence-electron chi connectivity index (χ0n) is 11.8. The van der Waals surface area contributed by atoms with Gasteiger partial charge in [0, 0.05) is 24.3 Å². The third-order valence-corrected chi connectivity index (χ3v) is 2.98. The van der Waals surface area contributed by atoms with Crippen molar-refractivity contribution in [3.63, 3.8) is 0 Å². The van der Waals surface area contributed by atoms with E-state index in [-0.39, 0.29) is 23.1 Å². The fourth-order valence-electron chi connectivity index (χ4n) is 2.00. The molecule has 0 aliphatic heterocycles. The van der Waals surface area contributed by atoms with Crippen LogP contribution in [0.1, 0.15) is 37.6 Å². The number of nitro benzene ring substituents is 1. The molecule has 0 bridgehead atoms. The van der Waals surface area contributed by atoms with E-state index < -0.39 is 4.92 Å². The van der Waals surface area contributed by atoms with Crippen molar-refractivity contribution in [2.75, 3.05) is 11.4 Å². The first-order valence-electron chi connectivity index (χ1n) is 6.31. The van der Waals surface area contributed by atoms with Gasteiger partial charge in [-0.05, 0) is 32.9 Å². The molecule has 0 saturated carbocycles. The Morgan fingerprint density at radius 2 is 2.15 bits per heavy atom. The third kappa shape index (κ3) is 3.54. The Morgan fingerprint density at radius 3 is 2.60 bits per heavy atom. The molecule has 1 aromatic carbocycles. The smallest absolute Gasteiger partial charge is 0.282 e. The second-order valence-electron chi connectivity index (χ2n) is 4.71. The van der Waals surface area contributed by atoms with Gasteiger partial charge < -0.3 is 4.90 Å². The van der Waals surface area contributed by atoms with Crippen LogP contribution in [-0.2, 0) is 0 Å². The highest BCUT2D eigenvalue weighted by molar-refractivity contribution is 5.98. The lowest BCUT2D eigenvalue weighted by Crippen LogP contribution is -2.31. The lowest BCUT2D eigenvalue weighted by molar-refractivity contribution is -0.385. The predicted octanol–water partition coefficient (Wildman–Crippen LogP) is 2.93. The van der Waals surface area contributed by atoms with Gasteiger partial charge in [-0.3, -0.25) is 14.9 Å². The number of nitrogens with zero attached hydrogens (tertiary/aromatic N) is 3. The van der Waals surface area contributed by atoms with Crippen LogP contribution in [0.4, 0.5) is 11.4 Å². The summed E-state index contributed by atoms with van der Waals surface area (Å²) in [5.74, 6) is -0.337. The van der Waals surface area contributed by atoms with E-state index >= 15 is 0 Å². The Bertz CT molecular complexity index is 561. The minimum atomic E-state index is -0.553. The summed E-state index contributed by atoms with van der Waals surface area (Å²) in [6.07, 6.45) is 0.334. The first kappa shape index (κ1) is 15.6. The topological polar surface area (TPSA) is 87.2 Å². The van der Waals surface area contributed by atoms with Gasteiger partial charge in [-0.25, -0.2) is 0 Å². The first-order valence-corrected chi connectivity index (χ1v) is 6.31. The summed E-state index contributed by atoms with van der Waals surface area (Å²) in [4.78, 5) is 23.8. The van der Waals surface area contributed by atoms with Gasteiger partial charge >= 0.3 is 0 Å². The summed E-state index contributed by atoms with van der Waals surface area (Å²) in [6.45, 7) is 5.69. The monoisotopic (exact) mass is 275 g/mol. The molecule has 0 aliphatic rings. The number of hydrogen-bond acceptors (Lipinski definition) is 5. The maximum Gasteiger partial charge on any atom is 0.282 e. The zero-order chi connectivity index (χ0) is 15.3. The van der Waals surface area contributed by atoms with Gasteiger partial charge in [-0.15, -0.1) is 0 Å². The Morgan fingerprint density at radius 1 is 1.50 bits per heavy atom. The number of rotatable bonds is 6. The van der Waals surface area contributed by atoms with Crippen LogP contribution in [-0.4, -0.2) is 23.3 Å². The van der Waals surface area contributed by atoms with Crippen LogP contribution in [0.25, 0.3) is 0 Å². The van der Waals surface area contributed by atoms with Gasteiger partial charge in [0.05, 0.1) is 23.0 Å². The first-order chi connectivity index (χ1) is 9.38. The average Bonchev–Trinajstić information content (AvgIpc) is 2.38. The van der Waals surface area contributed by atoms with Gasteiger partial charge in [-0.1, -0.05) is 0 Å². The summed E-state index contributed by atoms with van der Waals surface area (Å²) in [7, 11) is 0. The van der Waals surface area contributed by atoms with Crippen LogP contribution in [0, 0.1) is 21.4 Å². The SMILES string of the molecule is CC(=O)c1ccc(N(CCC#N)C(C)C)cc1[N+](=O)[O-]. The van der Waals surface area contributed by atoms with Crippen molar-refractivity contribution >= 4 is 17.2 Å². The quantitative estimate of drug-likeness (QED) is 0.452. The van der Waals surface area contributed by atoms with Crippen molar-refractivity contribution in [3.8, 4) is 6.07 Å². The molecular formula is C14H17N3O3. The van der Waals surface area contributed by atoms with Crippen molar-refractivity contribution in [2.24, 2.45) is 0 Å². The maximum atomic E-state index is 11.4. The van der Waals surface area contributed by atoms with Crippen molar-refractivity contribution in [1.29, 1.82) is 5.26 Å². The molecule has 0 N–H and O–H groups in total. The number of nitro groups is 1. The minimum absolute atomic E-state index is 0.0998. The van der Waals surface area contributed by atoms with E-state index in [0.29, 0.717) is 18.7 Å². The van der Waals surface area contributed by atoms with E-state index in [9.17, 15) is 14.9 Å². The summed E-state index contributed by atoms with van der Waals surface area (Å²) in [6, 6.07) is 6.71. The molecule has 0 unspecified atom stereocenters. The fraction of sp³-hybridized carbons (Fsp3) is 0.429. The van der Waals surface area contributed by atoms with Crippen molar-refractivity contribution in [1.82, 2.24) is 0 Å². The number of hydrogen-bond donors (Lipinski definition) is 0. The van der Waals surface area contributed by atoms with Crippen molar-refractivity contribution in [3.05, 3.63) is 33.9 Å². The van der Waals surface area contributed by atoms with E-state index in [0.717, 1.165) is 0 Å². The van der Waals surface area contributed by atoms with Gasteiger partial charge in [0.25, 0.3) is 5.69 Å². The lowest BCUT2D eigenvalue weighted by Gasteiger charge is -2.28. The molecule has 0 heterocycles. The zero-order valence-corrected chi connectivity index (χ0v) is 11.8. The number of anilines is 1. The second kappa shape index (κ2) is 6.66. The van der Waals surface area contributed by atoms with E-state index in [1.54, 1.807) is 6.07 Å². The second-order valence-corrected chi connectivity index (χ2v) is 4.71. The van der Waals surface area contributed by atoms with Gasteiger partial charge in [0.15, 0.2) is 5.78 Å². The van der Waals surface area contributed by atoms with Crippen LogP contribution in [0.2, 0.25) is 0 Å². The standard InChI is InChI=1S/C14H17N3O3/c1-10(2)16(8-4-7-15)12-5-6-13(11(3)18)14(9-12)17(19)20/h5-6,9-10H,4,8H2,1-3H3. The van der Waals surface area contributed by atoms with E-state index in [4.69, 9.17) is 5.26 Å². The Kier molecular flexibility index (Phi) is 5.21. The molecule has 6 nitrogen and oxygen atoms in total. The van der Waals surface area contributed by atoms with Crippen LogP contribution in [0.5, 0.6) is 0 Å². The maximum absolute atomic E-state index is 11.4. The van der Waals surface area contributed by atoms with Crippen LogP contribution in [0.3, 0.4) is 0 Å². The highest BCUT2D eigenvalue weighted by atomic mass is 16.6. The van der Waals surface area contributed by atoms with E-state index in [1.807, 2.05) is 18.7 Å². The number of carbonyl (C=O) groups excluding carboxylic acids is 1. The van der Waals surface area contributed by atoms with Crippen LogP contribution >= 0.6 is 0 Å². The normalized spacial score (nSPS) is 10.2. The lowest BCUT2D eigenvalue weighted by atomic mass is 10.1. The Labute approximate surface area is 117 Å². The summed E-state index contributed by atoms with van der Waals surface area (Å²) >= 11 is 0. The number of nitriles is 1. The molecule has 20 heavy (non-hydrogen) atoms. The molecule has 0 fully saturated rings. The minimum Gasteiger partial charge on any atom is -0.368 e. The van der Waals surface area contributed by atoms with Gasteiger partial charge in [0.1, 0.15) is 0 Å². The van der Waals surface area contributed by atoms with E-state index in [2.05, 4.69) is 6.07 Å². The number of ketones is 1. The fourth-order valence-corrected chi connectivity index (χ4v) is 2.00. The van der Waals surface area contributed by atoms with Crippen molar-refractivity contribution in [2.45, 2.75) is 33.2 Å². The van der Waals surface area contributed by atoms with E-state index in [1.165, 1.54) is 19.1 Å². The highest BCUT2D eigenvalue weighted by Gasteiger charge is 2.20. The molecule has 0 radical (unpaired) electrons. The predicted molar refractivity (Wildman–Crippen MR) is 75.8 cm³/mol. The molecule has 1 rings (SSSR count). The molecule has 0 spiro atoms.